The van der Waals surface area contributed by atoms with Gasteiger partial charge in [-0.15, -0.1) is 5.10 Å². The van der Waals surface area contributed by atoms with E-state index < -0.39 is 6.04 Å². The lowest BCUT2D eigenvalue weighted by Gasteiger charge is -2.23. The zero-order valence-electron chi connectivity index (χ0n) is 26.3. The molecule has 5 rings (SSSR count). The van der Waals surface area contributed by atoms with Crippen molar-refractivity contribution in [2.45, 2.75) is 52.2 Å². The molecule has 3 heterocycles. The minimum absolute atomic E-state index is 0.209. The van der Waals surface area contributed by atoms with Gasteiger partial charge in [0, 0.05) is 37.2 Å². The quantitative estimate of drug-likeness (QED) is 0.329. The van der Waals surface area contributed by atoms with Gasteiger partial charge >= 0.3 is 0 Å². The molecule has 1 aliphatic heterocycles. The van der Waals surface area contributed by atoms with Crippen LogP contribution in [-0.2, 0) is 17.9 Å². The summed E-state index contributed by atoms with van der Waals surface area (Å²) in [5.41, 5.74) is 3.51. The van der Waals surface area contributed by atoms with Crippen molar-refractivity contribution in [2.24, 2.45) is 0 Å². The number of hydrogen-bond donors (Lipinski definition) is 2. The highest BCUT2D eigenvalue weighted by Gasteiger charge is 2.27. The molecule has 4 aromatic rings. The molecule has 0 saturated carbocycles. The van der Waals surface area contributed by atoms with Crippen LogP contribution in [0.2, 0.25) is 0 Å². The molecule has 0 aliphatic carbocycles. The van der Waals surface area contributed by atoms with Gasteiger partial charge in [-0.1, -0.05) is 46.8 Å². The molecule has 2 aromatic heterocycles. The van der Waals surface area contributed by atoms with Crippen LogP contribution in [0, 0.1) is 13.8 Å². The molecule has 2 aromatic carbocycles. The molecule has 242 valence electrons. The summed E-state index contributed by atoms with van der Waals surface area (Å²) < 4.78 is 13.2. The predicted octanol–water partition coefficient (Wildman–Crippen LogP) is 4.03. The molecule has 46 heavy (non-hydrogen) atoms. The van der Waals surface area contributed by atoms with E-state index in [-0.39, 0.29) is 24.3 Å². The average Bonchev–Trinajstić information content (AvgIpc) is 3.68. The van der Waals surface area contributed by atoms with E-state index in [1.807, 2.05) is 61.8 Å². The Kier molecular flexibility index (Phi) is 11.1. The maximum atomic E-state index is 14.1. The van der Waals surface area contributed by atoms with Gasteiger partial charge in [0.2, 0.25) is 5.91 Å². The van der Waals surface area contributed by atoms with Crippen molar-refractivity contribution in [1.82, 2.24) is 35.7 Å². The second-order valence-corrected chi connectivity index (χ2v) is 12.1. The van der Waals surface area contributed by atoms with Gasteiger partial charge in [-0.2, -0.15) is 11.8 Å². The molecular weight excluding hydrogens is 606 g/mol. The number of carbonyl (C=O) groups is 3. The summed E-state index contributed by atoms with van der Waals surface area (Å²) >= 11 is 1.60. The number of aryl methyl sites for hydroxylation is 3. The third-order valence-corrected chi connectivity index (χ3v) is 8.38. The first-order valence-corrected chi connectivity index (χ1v) is 16.7. The molecule has 0 radical (unpaired) electrons. The van der Waals surface area contributed by atoms with Gasteiger partial charge in [0.25, 0.3) is 11.8 Å². The second kappa shape index (κ2) is 15.6. The smallest absolute Gasteiger partial charge is 0.260 e. The number of hydrogen-bond acceptors (Lipinski definition) is 9. The van der Waals surface area contributed by atoms with E-state index in [1.165, 1.54) is 0 Å². The number of ether oxygens (including phenoxy) is 1. The number of carbonyl (C=O) groups excluding carboxylic acids is 3. The maximum absolute atomic E-state index is 14.1. The normalized spacial score (nSPS) is 16.7. The van der Waals surface area contributed by atoms with Crippen LogP contribution in [0.4, 0.5) is 0 Å². The zero-order chi connectivity index (χ0) is 32.5. The van der Waals surface area contributed by atoms with Crippen LogP contribution in [0.3, 0.4) is 0 Å². The number of nitrogens with one attached hydrogen (secondary N) is 2. The molecule has 12 nitrogen and oxygen atoms in total. The van der Waals surface area contributed by atoms with Crippen molar-refractivity contribution in [3.05, 3.63) is 82.9 Å². The van der Waals surface area contributed by atoms with E-state index in [2.05, 4.69) is 26.1 Å². The summed E-state index contributed by atoms with van der Waals surface area (Å²) in [6, 6.07) is 14.1. The van der Waals surface area contributed by atoms with E-state index in [0.29, 0.717) is 85.3 Å². The monoisotopic (exact) mass is 645 g/mol. The van der Waals surface area contributed by atoms with Crippen molar-refractivity contribution in [2.75, 3.05) is 31.7 Å². The summed E-state index contributed by atoms with van der Waals surface area (Å²) in [7, 11) is 0. The Morgan fingerprint density at radius 1 is 1.09 bits per heavy atom. The van der Waals surface area contributed by atoms with Gasteiger partial charge < -0.3 is 24.8 Å². The first kappa shape index (κ1) is 32.7. The molecule has 1 aliphatic rings. The van der Waals surface area contributed by atoms with Gasteiger partial charge in [0.05, 0.1) is 19.3 Å². The SMILES string of the molecule is CSCC[C@@H]1NC(=O)c2cc(ccc2C)OCCCn2cc(nn2)CN(C(=O)c2c(-c3ccccc3)noc2C)CCCNC1=O. The number of nitrogens with zero attached hydrogens (tertiary/aromatic N) is 5. The van der Waals surface area contributed by atoms with Crippen LogP contribution < -0.4 is 15.4 Å². The largest absolute Gasteiger partial charge is 0.494 e. The van der Waals surface area contributed by atoms with E-state index >= 15 is 0 Å². The van der Waals surface area contributed by atoms with Crippen LogP contribution in [-0.4, -0.2) is 80.5 Å². The number of rotatable bonds is 5. The van der Waals surface area contributed by atoms with Crippen LogP contribution >= 0.6 is 11.8 Å². The first-order chi connectivity index (χ1) is 22.3. The van der Waals surface area contributed by atoms with E-state index in [1.54, 1.807) is 34.3 Å². The fourth-order valence-corrected chi connectivity index (χ4v) is 5.71. The molecule has 0 fully saturated rings. The Bertz CT molecular complexity index is 1650. The molecule has 0 spiro atoms. The predicted molar refractivity (Wildman–Crippen MR) is 175 cm³/mol. The van der Waals surface area contributed by atoms with Gasteiger partial charge in [0.1, 0.15) is 34.5 Å². The van der Waals surface area contributed by atoms with Crippen LogP contribution in [0.1, 0.15) is 57.0 Å². The van der Waals surface area contributed by atoms with E-state index in [0.717, 1.165) is 11.1 Å². The van der Waals surface area contributed by atoms with Crippen molar-refractivity contribution >= 4 is 29.5 Å². The molecule has 4 bridgehead atoms. The van der Waals surface area contributed by atoms with Crippen LogP contribution in [0.15, 0.2) is 59.3 Å². The van der Waals surface area contributed by atoms with Crippen molar-refractivity contribution < 1.29 is 23.6 Å². The van der Waals surface area contributed by atoms with Crippen molar-refractivity contribution in [3.8, 4) is 17.0 Å². The Labute approximate surface area is 272 Å². The maximum Gasteiger partial charge on any atom is 0.260 e. The Morgan fingerprint density at radius 3 is 2.72 bits per heavy atom. The average molecular weight is 646 g/mol. The molecule has 1 atom stereocenters. The fraction of sp³-hybridized carbons (Fsp3) is 0.394. The summed E-state index contributed by atoms with van der Waals surface area (Å²) in [6.07, 6.45) is 5.38. The Morgan fingerprint density at radius 2 is 1.91 bits per heavy atom. The fourth-order valence-electron chi connectivity index (χ4n) is 5.24. The highest BCUT2D eigenvalue weighted by Crippen LogP contribution is 2.27. The first-order valence-electron chi connectivity index (χ1n) is 15.3. The lowest BCUT2D eigenvalue weighted by Crippen LogP contribution is -2.47. The van der Waals surface area contributed by atoms with Gasteiger partial charge in [-0.25, -0.2) is 0 Å². The Hall–Kier alpha value is -4.65. The highest BCUT2D eigenvalue weighted by molar-refractivity contribution is 7.98. The lowest BCUT2D eigenvalue weighted by atomic mass is 10.0. The van der Waals surface area contributed by atoms with E-state index in [9.17, 15) is 14.4 Å². The standard InChI is InChI=1S/C33H39N7O5S/c1-22-11-12-26-19-27(22)31(41)35-28(13-18-46-3)32(42)34-14-7-15-39(20-25-21-40(38-36-25)16-8-17-44-26)33(43)29-23(2)45-37-30(29)24-9-5-4-6-10-24/h4-6,9-12,19,21,28H,7-8,13-18,20H2,1-3H3,(H,34,42)(H,35,41)/t28-/m0/s1. The summed E-state index contributed by atoms with van der Waals surface area (Å²) in [4.78, 5) is 42.4. The molecule has 3 amide bonds. The Balaban J connectivity index is 1.39. The molecule has 2 N–H and O–H groups in total. The molecular formula is C33H39N7O5S. The number of thioether (sulfide) groups is 1. The third kappa shape index (κ3) is 8.13. The minimum atomic E-state index is -0.713. The number of benzene rings is 2. The number of aromatic nitrogens is 4. The molecule has 0 unspecified atom stereocenters. The van der Waals surface area contributed by atoms with Gasteiger partial charge in [-0.05, 0) is 56.4 Å². The topological polar surface area (TPSA) is 144 Å². The summed E-state index contributed by atoms with van der Waals surface area (Å²) in [5, 5.41) is 18.7. The van der Waals surface area contributed by atoms with E-state index in [4.69, 9.17) is 9.26 Å². The highest BCUT2D eigenvalue weighted by atomic mass is 32.2. The molecule has 13 heteroatoms. The third-order valence-electron chi connectivity index (χ3n) is 7.74. The summed E-state index contributed by atoms with van der Waals surface area (Å²) in [6.45, 7) is 5.38. The summed E-state index contributed by atoms with van der Waals surface area (Å²) in [5.74, 6) is 0.830. The minimum Gasteiger partial charge on any atom is -0.494 e. The second-order valence-electron chi connectivity index (χ2n) is 11.2. The van der Waals surface area contributed by atoms with Crippen molar-refractivity contribution in [1.29, 1.82) is 0 Å². The molecule has 0 saturated heterocycles. The number of amides is 3. The van der Waals surface area contributed by atoms with Gasteiger partial charge in [-0.3, -0.25) is 19.1 Å². The lowest BCUT2D eigenvalue weighted by molar-refractivity contribution is -0.123. The van der Waals surface area contributed by atoms with Crippen LogP contribution in [0.25, 0.3) is 11.3 Å². The van der Waals surface area contributed by atoms with Crippen LogP contribution in [0.5, 0.6) is 5.75 Å². The number of fused-ring (bicyclic) bond motifs is 4. The van der Waals surface area contributed by atoms with Gasteiger partial charge in [0.15, 0.2) is 0 Å². The zero-order valence-corrected chi connectivity index (χ0v) is 27.1. The van der Waals surface area contributed by atoms with Crippen molar-refractivity contribution in [3.63, 3.8) is 0 Å².